The fraction of sp³-hybridized carbons (Fsp3) is 0.889. The van der Waals surface area contributed by atoms with Gasteiger partial charge in [-0.15, -0.1) is 0 Å². The molecule has 0 aliphatic heterocycles. The van der Waals surface area contributed by atoms with Gasteiger partial charge in [-0.1, -0.05) is 39.7 Å². The predicted molar refractivity (Wildman–Crippen MR) is 80.0 cm³/mol. The van der Waals surface area contributed by atoms with E-state index in [1.54, 1.807) is 0 Å². The molecule has 0 aromatic carbocycles. The van der Waals surface area contributed by atoms with Crippen LogP contribution in [0.25, 0.3) is 0 Å². The topological polar surface area (TPSA) is 20.2 Å². The van der Waals surface area contributed by atoms with Crippen molar-refractivity contribution in [2.45, 2.75) is 84.2 Å². The summed E-state index contributed by atoms with van der Waals surface area (Å²) in [6, 6.07) is 0. The zero-order chi connectivity index (χ0) is 13.7. The predicted octanol–water partition coefficient (Wildman–Crippen LogP) is 4.84. The zero-order valence-corrected chi connectivity index (χ0v) is 13.0. The molecule has 0 amide bonds. The summed E-state index contributed by atoms with van der Waals surface area (Å²) < 4.78 is 0. The van der Waals surface area contributed by atoms with Crippen LogP contribution in [0.1, 0.15) is 78.6 Å². The van der Waals surface area contributed by atoms with E-state index in [4.69, 9.17) is 0 Å². The van der Waals surface area contributed by atoms with Crippen LogP contribution in [0.15, 0.2) is 11.6 Å². The van der Waals surface area contributed by atoms with Gasteiger partial charge in [0, 0.05) is 10.8 Å². The highest BCUT2D eigenvalue weighted by molar-refractivity contribution is 5.33. The monoisotopic (exact) mass is 262 g/mol. The number of rotatable bonds is 1. The Kier molecular flexibility index (Phi) is 3.13. The molecular formula is C18H30O. The zero-order valence-electron chi connectivity index (χ0n) is 13.0. The van der Waals surface area contributed by atoms with Gasteiger partial charge in [-0.05, 0) is 56.4 Å². The van der Waals surface area contributed by atoms with Crippen LogP contribution < -0.4 is 0 Å². The molecule has 2 bridgehead atoms. The lowest BCUT2D eigenvalue weighted by atomic mass is 9.56. The van der Waals surface area contributed by atoms with Crippen LogP contribution in [0.4, 0.5) is 0 Å². The van der Waals surface area contributed by atoms with E-state index in [-0.39, 0.29) is 10.8 Å². The van der Waals surface area contributed by atoms with Crippen molar-refractivity contribution in [3.8, 4) is 0 Å². The van der Waals surface area contributed by atoms with Crippen LogP contribution in [0, 0.1) is 16.7 Å². The summed E-state index contributed by atoms with van der Waals surface area (Å²) in [6.45, 7) is 6.99. The van der Waals surface area contributed by atoms with Crippen molar-refractivity contribution in [2.24, 2.45) is 16.7 Å². The van der Waals surface area contributed by atoms with Crippen LogP contribution in [0.3, 0.4) is 0 Å². The molecule has 3 rings (SSSR count). The van der Waals surface area contributed by atoms with Crippen LogP contribution in [-0.2, 0) is 0 Å². The van der Waals surface area contributed by atoms with Gasteiger partial charge in [-0.2, -0.15) is 0 Å². The Morgan fingerprint density at radius 3 is 2.53 bits per heavy atom. The molecule has 0 radical (unpaired) electrons. The molecule has 0 saturated heterocycles. The molecule has 3 aliphatic rings. The highest BCUT2D eigenvalue weighted by Crippen LogP contribution is 2.70. The molecule has 0 aromatic heterocycles. The summed E-state index contributed by atoms with van der Waals surface area (Å²) >= 11 is 0. The first kappa shape index (κ1) is 13.7. The van der Waals surface area contributed by atoms with Crippen molar-refractivity contribution >= 4 is 0 Å². The van der Waals surface area contributed by atoms with E-state index in [9.17, 15) is 5.11 Å². The van der Waals surface area contributed by atoms with Gasteiger partial charge in [0.2, 0.25) is 0 Å². The highest BCUT2D eigenvalue weighted by Gasteiger charge is 2.69. The standard InChI is InChI=1S/C18H30O/c1-16(2)15-11-12-17(3,13-15)18(16,19)14-9-7-5-4-6-8-10-14/h9,15,19H,4-8,10-13H2,1-3H3. The minimum atomic E-state index is -0.541. The molecule has 1 heteroatoms. The second-order valence-corrected chi connectivity index (χ2v) is 8.11. The number of allylic oxidation sites excluding steroid dienone is 1. The largest absolute Gasteiger partial charge is 0.384 e. The van der Waals surface area contributed by atoms with E-state index in [1.165, 1.54) is 56.9 Å². The Morgan fingerprint density at radius 2 is 1.84 bits per heavy atom. The molecule has 19 heavy (non-hydrogen) atoms. The first-order chi connectivity index (χ1) is 8.92. The molecule has 2 saturated carbocycles. The van der Waals surface area contributed by atoms with Crippen LogP contribution in [0.2, 0.25) is 0 Å². The Morgan fingerprint density at radius 1 is 1.11 bits per heavy atom. The van der Waals surface area contributed by atoms with Gasteiger partial charge in [0.15, 0.2) is 0 Å². The molecule has 0 spiro atoms. The Hall–Kier alpha value is -0.300. The molecule has 0 heterocycles. The lowest BCUT2D eigenvalue weighted by molar-refractivity contribution is -0.115. The average molecular weight is 262 g/mol. The van der Waals surface area contributed by atoms with Gasteiger partial charge in [0.05, 0.1) is 5.60 Å². The minimum absolute atomic E-state index is 0.0605. The van der Waals surface area contributed by atoms with Crippen molar-refractivity contribution in [1.82, 2.24) is 0 Å². The van der Waals surface area contributed by atoms with Crippen molar-refractivity contribution in [3.05, 3.63) is 11.6 Å². The van der Waals surface area contributed by atoms with Crippen molar-refractivity contribution in [2.75, 3.05) is 0 Å². The smallest absolute Gasteiger partial charge is 0.0963 e. The van der Waals surface area contributed by atoms with Crippen molar-refractivity contribution < 1.29 is 5.11 Å². The molecule has 3 unspecified atom stereocenters. The summed E-state index contributed by atoms with van der Waals surface area (Å²) in [5.74, 6) is 0.717. The van der Waals surface area contributed by atoms with E-state index in [1.807, 2.05) is 0 Å². The van der Waals surface area contributed by atoms with Crippen molar-refractivity contribution in [1.29, 1.82) is 0 Å². The Balaban J connectivity index is 2.00. The summed E-state index contributed by atoms with van der Waals surface area (Å²) in [5.41, 5.74) is 1.04. The van der Waals surface area contributed by atoms with E-state index in [2.05, 4.69) is 26.8 Å². The molecule has 1 nitrogen and oxygen atoms in total. The first-order valence-corrected chi connectivity index (χ1v) is 8.34. The molecular weight excluding hydrogens is 232 g/mol. The third-order valence-electron chi connectivity index (χ3n) is 6.82. The fourth-order valence-electron chi connectivity index (χ4n) is 5.58. The second-order valence-electron chi connectivity index (χ2n) is 8.11. The number of fused-ring (bicyclic) bond motifs is 2. The summed E-state index contributed by atoms with van der Waals surface area (Å²) in [4.78, 5) is 0. The Bertz CT molecular complexity index is 388. The summed E-state index contributed by atoms with van der Waals surface area (Å²) in [6.07, 6.45) is 13.8. The normalized spacial score (nSPS) is 45.7. The second kappa shape index (κ2) is 4.35. The third kappa shape index (κ3) is 1.70. The van der Waals surface area contributed by atoms with E-state index < -0.39 is 5.60 Å². The molecule has 1 N–H and O–H groups in total. The molecule has 108 valence electrons. The van der Waals surface area contributed by atoms with Gasteiger partial charge >= 0.3 is 0 Å². The molecule has 2 fully saturated rings. The number of hydrogen-bond donors (Lipinski definition) is 1. The third-order valence-corrected chi connectivity index (χ3v) is 6.82. The van der Waals surface area contributed by atoms with Crippen molar-refractivity contribution in [3.63, 3.8) is 0 Å². The lowest BCUT2D eigenvalue weighted by Crippen LogP contribution is -2.55. The maximum atomic E-state index is 11.7. The van der Waals surface area contributed by atoms with E-state index in [0.29, 0.717) is 5.92 Å². The van der Waals surface area contributed by atoms with Crippen LogP contribution in [0.5, 0.6) is 0 Å². The fourth-order valence-corrected chi connectivity index (χ4v) is 5.58. The molecule has 3 atom stereocenters. The van der Waals surface area contributed by atoms with Gasteiger partial charge in [0.25, 0.3) is 0 Å². The van der Waals surface area contributed by atoms with Gasteiger partial charge in [0.1, 0.15) is 0 Å². The van der Waals surface area contributed by atoms with Gasteiger partial charge in [-0.25, -0.2) is 0 Å². The number of aliphatic hydroxyl groups is 1. The van der Waals surface area contributed by atoms with E-state index in [0.717, 1.165) is 6.42 Å². The van der Waals surface area contributed by atoms with E-state index >= 15 is 0 Å². The van der Waals surface area contributed by atoms with Crippen LogP contribution >= 0.6 is 0 Å². The number of hydrogen-bond acceptors (Lipinski definition) is 1. The first-order valence-electron chi connectivity index (χ1n) is 8.34. The molecule has 0 aromatic rings. The Labute approximate surface area is 118 Å². The van der Waals surface area contributed by atoms with Gasteiger partial charge in [-0.3, -0.25) is 0 Å². The lowest BCUT2D eigenvalue weighted by Gasteiger charge is -2.52. The van der Waals surface area contributed by atoms with Crippen LogP contribution in [-0.4, -0.2) is 10.7 Å². The highest BCUT2D eigenvalue weighted by atomic mass is 16.3. The minimum Gasteiger partial charge on any atom is -0.384 e. The average Bonchev–Trinajstić information content (AvgIpc) is 2.76. The SMILES string of the molecule is CC12CCC(C1)C(C)(C)C2(O)C1=CCCCCCC1. The quantitative estimate of drug-likeness (QED) is 0.670. The maximum absolute atomic E-state index is 11.7. The maximum Gasteiger partial charge on any atom is 0.0963 e. The molecule has 3 aliphatic carbocycles. The summed E-state index contributed by atoms with van der Waals surface area (Å²) in [5, 5.41) is 11.7. The summed E-state index contributed by atoms with van der Waals surface area (Å²) in [7, 11) is 0. The van der Waals surface area contributed by atoms with Gasteiger partial charge < -0.3 is 5.11 Å².